The summed E-state index contributed by atoms with van der Waals surface area (Å²) < 4.78 is 0. The molecule has 0 fully saturated rings. The van der Waals surface area contributed by atoms with E-state index in [4.69, 9.17) is 15.0 Å². The summed E-state index contributed by atoms with van der Waals surface area (Å²) in [7, 11) is 0. The van der Waals surface area contributed by atoms with Gasteiger partial charge in [-0.3, -0.25) is 0 Å². The Morgan fingerprint density at radius 3 is 2.80 bits per heavy atom. The third-order valence-electron chi connectivity index (χ3n) is 9.04. The maximum Gasteiger partial charge on any atom is 0.163 e. The zero-order valence-electron chi connectivity index (χ0n) is 28.1. The first-order valence-corrected chi connectivity index (χ1v) is 17.9. The minimum atomic E-state index is -0.0433. The maximum atomic E-state index is 5.10. The lowest BCUT2D eigenvalue weighted by molar-refractivity contribution is 0.394. The minimum Gasteiger partial charge on any atom is -0.380 e. The van der Waals surface area contributed by atoms with Gasteiger partial charge in [-0.1, -0.05) is 106 Å². The average molecular weight is 631 g/mol. The summed E-state index contributed by atoms with van der Waals surface area (Å²) in [6, 6.07) is -0.0433. The summed E-state index contributed by atoms with van der Waals surface area (Å²) in [5.41, 5.74) is 5.01. The first-order chi connectivity index (χ1) is 22.4. The Morgan fingerprint density at radius 2 is 1.98 bits per heavy atom. The molecule has 4 aliphatic rings. The van der Waals surface area contributed by atoms with Crippen LogP contribution in [0.15, 0.2) is 114 Å². The standard InChI is InChI=1S/C41H50N4S/c1-6-17-30(8-3)19-15-26-41(4,5)27-25-38-43-39(31-20-11-9-10-12-21-31)45-40(44-38)33-23-16-28-42-35(33)29-34-32-22-13-14-24-37(32)46-36(34)18-7-2/h6-7,9-11,14,16-17,20-21,23-25,27-30,35-36,42H,2,8,12-13,15,18-19,22,26H2,1,3-5H3/b17-6-,27-25+,34-29+/t30-,35?,36?/m1/s1. The highest BCUT2D eigenvalue weighted by atomic mass is 32.2. The van der Waals surface area contributed by atoms with Crippen molar-refractivity contribution < 1.29 is 0 Å². The molecule has 2 unspecified atom stereocenters. The SMILES string of the molecule is C=CCC1SC2=C(CCC=C2)/C1=C\C1NC=CC=C1c1nc(/C=C/C(C)(C)CCC[C@@H](/C=C\C)CC)nc(C2=CCC=CC=C2)n1. The van der Waals surface area contributed by atoms with Crippen molar-refractivity contribution in [2.45, 2.75) is 90.4 Å². The highest BCUT2D eigenvalue weighted by Gasteiger charge is 2.31. The zero-order chi connectivity index (χ0) is 32.4. The highest BCUT2D eigenvalue weighted by Crippen LogP contribution is 2.48. The van der Waals surface area contributed by atoms with Gasteiger partial charge in [-0.2, -0.15) is 0 Å². The van der Waals surface area contributed by atoms with Crippen molar-refractivity contribution in [1.29, 1.82) is 0 Å². The zero-order valence-corrected chi connectivity index (χ0v) is 28.9. The molecule has 0 amide bonds. The lowest BCUT2D eigenvalue weighted by atomic mass is 9.85. The molecule has 0 saturated carbocycles. The fraction of sp³-hybridized carbons (Fsp3) is 0.390. The molecule has 2 aliphatic carbocycles. The van der Waals surface area contributed by atoms with Gasteiger partial charge in [0.2, 0.25) is 0 Å². The summed E-state index contributed by atoms with van der Waals surface area (Å²) >= 11 is 1.97. The van der Waals surface area contributed by atoms with Gasteiger partial charge in [0.05, 0.1) is 6.04 Å². The average Bonchev–Trinajstić information content (AvgIpc) is 3.21. The molecule has 46 heavy (non-hydrogen) atoms. The number of thioether (sulfide) groups is 1. The molecule has 0 bridgehead atoms. The Bertz CT molecular complexity index is 1570. The molecule has 1 N–H and O–H groups in total. The van der Waals surface area contributed by atoms with Crippen molar-refractivity contribution in [3.8, 4) is 0 Å². The number of aromatic nitrogens is 3. The van der Waals surface area contributed by atoms with E-state index in [1.54, 1.807) is 0 Å². The fourth-order valence-electron chi connectivity index (χ4n) is 6.40. The van der Waals surface area contributed by atoms with Crippen LogP contribution in [0.3, 0.4) is 0 Å². The van der Waals surface area contributed by atoms with Crippen molar-refractivity contribution in [2.75, 3.05) is 0 Å². The van der Waals surface area contributed by atoms with E-state index >= 15 is 0 Å². The molecule has 3 heterocycles. The number of allylic oxidation sites excluding steroid dienone is 15. The Labute approximate surface area is 281 Å². The Kier molecular flexibility index (Phi) is 11.9. The summed E-state index contributed by atoms with van der Waals surface area (Å²) in [6.45, 7) is 13.1. The largest absolute Gasteiger partial charge is 0.380 e. The lowest BCUT2D eigenvalue weighted by Crippen LogP contribution is -2.28. The van der Waals surface area contributed by atoms with E-state index in [1.165, 1.54) is 35.3 Å². The first kappa shape index (κ1) is 33.7. The predicted octanol–water partition coefficient (Wildman–Crippen LogP) is 10.7. The topological polar surface area (TPSA) is 50.7 Å². The molecule has 0 aromatic carbocycles. The molecule has 1 aromatic rings. The van der Waals surface area contributed by atoms with Crippen LogP contribution in [-0.2, 0) is 0 Å². The molecular formula is C41H50N4S. The van der Waals surface area contributed by atoms with Crippen LogP contribution in [0.5, 0.6) is 0 Å². The second-order valence-corrected chi connectivity index (χ2v) is 14.3. The minimum absolute atomic E-state index is 0.0358. The van der Waals surface area contributed by atoms with Crippen molar-refractivity contribution in [3.63, 3.8) is 0 Å². The van der Waals surface area contributed by atoms with E-state index in [9.17, 15) is 0 Å². The van der Waals surface area contributed by atoms with Crippen LogP contribution < -0.4 is 5.32 Å². The number of rotatable bonds is 13. The summed E-state index contributed by atoms with van der Waals surface area (Å²) in [4.78, 5) is 16.6. The van der Waals surface area contributed by atoms with Crippen LogP contribution in [0.25, 0.3) is 17.2 Å². The third kappa shape index (κ3) is 8.76. The highest BCUT2D eigenvalue weighted by molar-refractivity contribution is 8.04. The van der Waals surface area contributed by atoms with E-state index < -0.39 is 0 Å². The van der Waals surface area contributed by atoms with Crippen LogP contribution >= 0.6 is 11.8 Å². The number of hydrogen-bond donors (Lipinski definition) is 1. The molecule has 5 heteroatoms. The van der Waals surface area contributed by atoms with Gasteiger partial charge in [-0.15, -0.1) is 18.3 Å². The summed E-state index contributed by atoms with van der Waals surface area (Å²) in [6.07, 6.45) is 43.5. The molecule has 0 saturated heterocycles. The van der Waals surface area contributed by atoms with Crippen LogP contribution in [-0.4, -0.2) is 26.2 Å². The van der Waals surface area contributed by atoms with Crippen LogP contribution in [0.1, 0.15) is 96.5 Å². The number of dihydropyridines is 1. The molecule has 2 aliphatic heterocycles. The van der Waals surface area contributed by atoms with E-state index in [0.29, 0.717) is 28.6 Å². The molecule has 0 spiro atoms. The number of nitrogens with one attached hydrogen (secondary N) is 1. The Morgan fingerprint density at radius 1 is 1.11 bits per heavy atom. The monoisotopic (exact) mass is 630 g/mol. The molecule has 1 aromatic heterocycles. The van der Waals surface area contributed by atoms with Gasteiger partial charge in [0.15, 0.2) is 17.5 Å². The molecule has 240 valence electrons. The quantitative estimate of drug-likeness (QED) is 0.220. The van der Waals surface area contributed by atoms with Gasteiger partial charge in [-0.05, 0) is 92.7 Å². The smallest absolute Gasteiger partial charge is 0.163 e. The van der Waals surface area contributed by atoms with E-state index in [0.717, 1.165) is 43.3 Å². The molecule has 4 nitrogen and oxygen atoms in total. The van der Waals surface area contributed by atoms with E-state index in [2.05, 4.69) is 125 Å². The maximum absolute atomic E-state index is 5.10. The van der Waals surface area contributed by atoms with Crippen molar-refractivity contribution in [1.82, 2.24) is 20.3 Å². The second kappa shape index (κ2) is 16.2. The van der Waals surface area contributed by atoms with Crippen molar-refractivity contribution in [3.05, 3.63) is 131 Å². The summed E-state index contributed by atoms with van der Waals surface area (Å²) in [5.74, 6) is 2.79. The fourth-order valence-corrected chi connectivity index (χ4v) is 7.83. The molecule has 0 radical (unpaired) electrons. The van der Waals surface area contributed by atoms with Crippen LogP contribution in [0.2, 0.25) is 0 Å². The van der Waals surface area contributed by atoms with E-state index in [-0.39, 0.29) is 11.5 Å². The van der Waals surface area contributed by atoms with Gasteiger partial charge >= 0.3 is 0 Å². The van der Waals surface area contributed by atoms with Gasteiger partial charge in [0, 0.05) is 21.3 Å². The number of nitrogens with zero attached hydrogens (tertiary/aromatic N) is 3. The Balaban J connectivity index is 1.47. The number of hydrogen-bond acceptors (Lipinski definition) is 5. The van der Waals surface area contributed by atoms with Crippen LogP contribution in [0.4, 0.5) is 0 Å². The molecular weight excluding hydrogens is 581 g/mol. The van der Waals surface area contributed by atoms with Gasteiger partial charge in [0.25, 0.3) is 0 Å². The second-order valence-electron chi connectivity index (χ2n) is 13.1. The van der Waals surface area contributed by atoms with E-state index in [1.807, 2.05) is 24.0 Å². The van der Waals surface area contributed by atoms with Gasteiger partial charge in [0.1, 0.15) is 0 Å². The lowest BCUT2D eigenvalue weighted by Gasteiger charge is -2.23. The third-order valence-corrected chi connectivity index (χ3v) is 10.4. The van der Waals surface area contributed by atoms with Gasteiger partial charge < -0.3 is 5.32 Å². The molecule has 3 atom stereocenters. The summed E-state index contributed by atoms with van der Waals surface area (Å²) in [5, 5.41) is 4.00. The van der Waals surface area contributed by atoms with Crippen molar-refractivity contribution in [2.24, 2.45) is 11.3 Å². The molecule has 5 rings (SSSR count). The Hall–Kier alpha value is -3.70. The van der Waals surface area contributed by atoms with Gasteiger partial charge in [-0.25, -0.2) is 15.0 Å². The normalized spacial score (nSPS) is 22.7. The van der Waals surface area contributed by atoms with Crippen molar-refractivity contribution >= 4 is 29.0 Å². The first-order valence-electron chi connectivity index (χ1n) is 17.0. The van der Waals surface area contributed by atoms with Crippen LogP contribution in [0, 0.1) is 11.3 Å². The predicted molar refractivity (Wildman–Crippen MR) is 200 cm³/mol.